The molecular weight excluding hydrogens is 528 g/mol. The summed E-state index contributed by atoms with van der Waals surface area (Å²) in [4.78, 5) is 10.7. The van der Waals surface area contributed by atoms with Gasteiger partial charge in [0.15, 0.2) is 12.2 Å². The van der Waals surface area contributed by atoms with E-state index >= 15 is 0 Å². The Bertz CT molecular complexity index is 1600. The lowest BCUT2D eigenvalue weighted by Gasteiger charge is -2.30. The molecule has 5 aromatic rings. The Labute approximate surface area is 253 Å². The molecule has 2 heterocycles. The van der Waals surface area contributed by atoms with E-state index in [2.05, 4.69) is 128 Å². The Morgan fingerprint density at radius 1 is 0.465 bits per heavy atom. The predicted octanol–water partition coefficient (Wildman–Crippen LogP) is 9.06. The standard InChI is InChI=1S/C39H34N2O2/c1-39(27-28-17-7-2-8-18-28,37-40-33(29-19-9-3-10-20-29)35(42-37)31-23-13-5-14-24-31)38-41-34(30-21-11-4-12-22-30)36(43-38)32-25-15-6-16-26-32/h2-26,33-36H,27H2,1H3/t33-,34-,35-,36-/m0/s1. The zero-order valence-corrected chi connectivity index (χ0v) is 24.2. The average molecular weight is 563 g/mol. The number of rotatable bonds is 8. The minimum Gasteiger partial charge on any atom is -0.469 e. The average Bonchev–Trinajstić information content (AvgIpc) is 3.74. The van der Waals surface area contributed by atoms with E-state index in [1.54, 1.807) is 0 Å². The van der Waals surface area contributed by atoms with E-state index in [1.165, 1.54) is 5.56 Å². The van der Waals surface area contributed by atoms with Crippen LogP contribution < -0.4 is 0 Å². The fourth-order valence-electron chi connectivity index (χ4n) is 6.20. The molecule has 2 aliphatic rings. The van der Waals surface area contributed by atoms with Gasteiger partial charge in [-0.05, 0) is 41.2 Å². The first-order valence-corrected chi connectivity index (χ1v) is 14.9. The molecule has 5 aromatic carbocycles. The van der Waals surface area contributed by atoms with E-state index < -0.39 is 5.41 Å². The van der Waals surface area contributed by atoms with Crippen molar-refractivity contribution in [3.8, 4) is 0 Å². The fraction of sp³-hybridized carbons (Fsp3) is 0.179. The lowest BCUT2D eigenvalue weighted by Crippen LogP contribution is -2.39. The molecule has 0 aliphatic carbocycles. The third kappa shape index (κ3) is 5.37. The highest BCUT2D eigenvalue weighted by Gasteiger charge is 2.50. The van der Waals surface area contributed by atoms with Gasteiger partial charge in [-0.25, -0.2) is 9.98 Å². The van der Waals surface area contributed by atoms with Crippen LogP contribution in [-0.2, 0) is 15.9 Å². The highest BCUT2D eigenvalue weighted by Crippen LogP contribution is 2.49. The summed E-state index contributed by atoms with van der Waals surface area (Å²) in [5, 5.41) is 0. The van der Waals surface area contributed by atoms with Crippen LogP contribution in [0.4, 0.5) is 0 Å². The summed E-state index contributed by atoms with van der Waals surface area (Å²) < 4.78 is 13.9. The maximum Gasteiger partial charge on any atom is 0.200 e. The highest BCUT2D eigenvalue weighted by atomic mass is 16.5. The molecule has 0 bridgehead atoms. The largest absolute Gasteiger partial charge is 0.469 e. The normalized spacial score (nSPS) is 21.4. The molecule has 212 valence electrons. The third-order valence-corrected chi connectivity index (χ3v) is 8.45. The molecule has 0 N–H and O–H groups in total. The number of nitrogens with zero attached hydrogens (tertiary/aromatic N) is 2. The first kappa shape index (κ1) is 26.9. The molecule has 7 rings (SSSR count). The zero-order valence-electron chi connectivity index (χ0n) is 24.2. The topological polar surface area (TPSA) is 43.2 Å². The number of hydrogen-bond acceptors (Lipinski definition) is 4. The Balaban J connectivity index is 1.35. The molecule has 0 fully saturated rings. The molecule has 4 heteroatoms. The smallest absolute Gasteiger partial charge is 0.200 e. The van der Waals surface area contributed by atoms with Gasteiger partial charge in [0.1, 0.15) is 17.5 Å². The van der Waals surface area contributed by atoms with Gasteiger partial charge < -0.3 is 9.47 Å². The Hall–Kier alpha value is -4.96. The second-order valence-electron chi connectivity index (χ2n) is 11.5. The van der Waals surface area contributed by atoms with Gasteiger partial charge in [-0.1, -0.05) is 152 Å². The Kier molecular flexibility index (Phi) is 7.34. The zero-order chi connectivity index (χ0) is 29.1. The quantitative estimate of drug-likeness (QED) is 0.189. The van der Waals surface area contributed by atoms with Crippen LogP contribution in [0, 0.1) is 5.41 Å². The van der Waals surface area contributed by atoms with Crippen molar-refractivity contribution in [1.82, 2.24) is 0 Å². The second kappa shape index (κ2) is 11.7. The van der Waals surface area contributed by atoms with Crippen LogP contribution in [-0.4, -0.2) is 11.8 Å². The van der Waals surface area contributed by atoms with Crippen LogP contribution >= 0.6 is 0 Å². The van der Waals surface area contributed by atoms with E-state index in [0.29, 0.717) is 18.2 Å². The van der Waals surface area contributed by atoms with Crippen molar-refractivity contribution in [3.63, 3.8) is 0 Å². The number of hydrogen-bond donors (Lipinski definition) is 0. The van der Waals surface area contributed by atoms with Crippen molar-refractivity contribution in [2.75, 3.05) is 0 Å². The van der Waals surface area contributed by atoms with Crippen molar-refractivity contribution in [2.45, 2.75) is 37.6 Å². The van der Waals surface area contributed by atoms with Gasteiger partial charge in [0.2, 0.25) is 11.8 Å². The molecule has 43 heavy (non-hydrogen) atoms. The van der Waals surface area contributed by atoms with Crippen molar-refractivity contribution in [1.29, 1.82) is 0 Å². The van der Waals surface area contributed by atoms with Gasteiger partial charge in [-0.3, -0.25) is 0 Å². The summed E-state index contributed by atoms with van der Waals surface area (Å²) in [6.45, 7) is 2.17. The summed E-state index contributed by atoms with van der Waals surface area (Å²) in [5.74, 6) is 1.30. The van der Waals surface area contributed by atoms with E-state index in [4.69, 9.17) is 19.5 Å². The summed E-state index contributed by atoms with van der Waals surface area (Å²) in [5.41, 5.74) is 4.85. The molecule has 0 amide bonds. The van der Waals surface area contributed by atoms with Crippen LogP contribution in [0.25, 0.3) is 0 Å². The summed E-state index contributed by atoms with van der Waals surface area (Å²) in [6.07, 6.45) is 0.119. The van der Waals surface area contributed by atoms with Crippen LogP contribution in [0.5, 0.6) is 0 Å². The van der Waals surface area contributed by atoms with Crippen LogP contribution in [0.15, 0.2) is 162 Å². The number of benzene rings is 5. The van der Waals surface area contributed by atoms with Crippen LogP contribution in [0.1, 0.15) is 59.0 Å². The minimum atomic E-state index is -0.742. The number of ether oxygens (including phenoxy) is 2. The van der Waals surface area contributed by atoms with E-state index in [-0.39, 0.29) is 24.3 Å². The molecule has 0 saturated heterocycles. The van der Waals surface area contributed by atoms with Gasteiger partial charge >= 0.3 is 0 Å². The molecule has 0 radical (unpaired) electrons. The number of aliphatic imine (C=N–C) groups is 2. The Morgan fingerprint density at radius 3 is 1.16 bits per heavy atom. The molecular formula is C39H34N2O2. The van der Waals surface area contributed by atoms with Gasteiger partial charge in [-0.2, -0.15) is 0 Å². The van der Waals surface area contributed by atoms with Crippen molar-refractivity contribution in [2.24, 2.45) is 15.4 Å². The molecule has 0 saturated carbocycles. The molecule has 0 unspecified atom stereocenters. The lowest BCUT2D eigenvalue weighted by molar-refractivity contribution is 0.158. The summed E-state index contributed by atoms with van der Waals surface area (Å²) >= 11 is 0. The molecule has 0 spiro atoms. The molecule has 4 nitrogen and oxygen atoms in total. The van der Waals surface area contributed by atoms with Crippen molar-refractivity contribution in [3.05, 3.63) is 179 Å². The van der Waals surface area contributed by atoms with E-state index in [0.717, 1.165) is 22.3 Å². The van der Waals surface area contributed by atoms with Gasteiger partial charge in [0, 0.05) is 0 Å². The van der Waals surface area contributed by atoms with Crippen LogP contribution in [0.3, 0.4) is 0 Å². The van der Waals surface area contributed by atoms with Gasteiger partial charge in [0.25, 0.3) is 0 Å². The SMILES string of the molecule is CC(Cc1ccccc1)(C1=N[C@@H](c2ccccc2)[C@H](c2ccccc2)O1)C1=N[C@@H](c2ccccc2)[C@H](c2ccccc2)O1. The maximum absolute atomic E-state index is 6.94. The van der Waals surface area contributed by atoms with Crippen LogP contribution in [0.2, 0.25) is 0 Å². The first-order valence-electron chi connectivity index (χ1n) is 14.9. The minimum absolute atomic E-state index is 0.189. The molecule has 0 aromatic heterocycles. The second-order valence-corrected chi connectivity index (χ2v) is 11.5. The van der Waals surface area contributed by atoms with E-state index in [9.17, 15) is 0 Å². The van der Waals surface area contributed by atoms with Gasteiger partial charge in [-0.15, -0.1) is 0 Å². The monoisotopic (exact) mass is 562 g/mol. The summed E-state index contributed by atoms with van der Waals surface area (Å²) in [7, 11) is 0. The van der Waals surface area contributed by atoms with Crippen molar-refractivity contribution >= 4 is 11.8 Å². The predicted molar refractivity (Wildman–Crippen MR) is 172 cm³/mol. The highest BCUT2D eigenvalue weighted by molar-refractivity contribution is 6.06. The fourth-order valence-corrected chi connectivity index (χ4v) is 6.20. The van der Waals surface area contributed by atoms with Crippen molar-refractivity contribution < 1.29 is 9.47 Å². The first-order chi connectivity index (χ1) is 21.2. The van der Waals surface area contributed by atoms with E-state index in [1.807, 2.05) is 30.3 Å². The maximum atomic E-state index is 6.94. The molecule has 4 atom stereocenters. The molecule has 2 aliphatic heterocycles. The van der Waals surface area contributed by atoms with Gasteiger partial charge in [0.05, 0.1) is 0 Å². The lowest BCUT2D eigenvalue weighted by atomic mass is 9.82. The Morgan fingerprint density at radius 2 is 0.791 bits per heavy atom. The third-order valence-electron chi connectivity index (χ3n) is 8.45. The summed E-state index contributed by atoms with van der Waals surface area (Å²) in [6, 6.07) is 51.7.